The van der Waals surface area contributed by atoms with E-state index in [0.717, 1.165) is 23.0 Å². The van der Waals surface area contributed by atoms with Gasteiger partial charge in [-0.05, 0) is 19.1 Å². The number of rotatable bonds is 4. The van der Waals surface area contributed by atoms with Crippen LogP contribution in [0.5, 0.6) is 0 Å². The minimum atomic E-state index is 0.512. The number of pyridine rings is 1. The molecular weight excluding hydrogens is 262 g/mol. The number of halogens is 1. The molecule has 0 amide bonds. The van der Waals surface area contributed by atoms with E-state index in [0.29, 0.717) is 11.7 Å². The van der Waals surface area contributed by atoms with Crippen LogP contribution in [0.25, 0.3) is 0 Å². The van der Waals surface area contributed by atoms with Crippen LogP contribution in [-0.4, -0.2) is 28.6 Å². The fraction of sp³-hybridized carbons (Fsp3) is 0.385. The van der Waals surface area contributed by atoms with E-state index in [1.54, 1.807) is 6.07 Å². The van der Waals surface area contributed by atoms with Gasteiger partial charge in [-0.3, -0.25) is 0 Å². The van der Waals surface area contributed by atoms with Gasteiger partial charge in [-0.15, -0.1) is 0 Å². The third kappa shape index (κ3) is 2.98. The highest BCUT2D eigenvalue weighted by Crippen LogP contribution is 2.17. The molecule has 0 fully saturated rings. The molecule has 0 atom stereocenters. The average Bonchev–Trinajstić information content (AvgIpc) is 2.70. The Bertz CT molecular complexity index is 576. The second-order valence-electron chi connectivity index (χ2n) is 4.62. The van der Waals surface area contributed by atoms with Crippen LogP contribution >= 0.6 is 11.6 Å². The zero-order valence-corrected chi connectivity index (χ0v) is 12.4. The van der Waals surface area contributed by atoms with Gasteiger partial charge in [0, 0.05) is 21.1 Å². The summed E-state index contributed by atoms with van der Waals surface area (Å²) in [4.78, 5) is 10.6. The molecule has 0 saturated carbocycles. The first-order chi connectivity index (χ1) is 8.99. The van der Waals surface area contributed by atoms with E-state index in [1.165, 1.54) is 0 Å². The van der Waals surface area contributed by atoms with Crippen molar-refractivity contribution in [3.05, 3.63) is 34.9 Å². The highest BCUT2D eigenvalue weighted by molar-refractivity contribution is 6.29. The van der Waals surface area contributed by atoms with E-state index in [1.807, 2.05) is 45.2 Å². The molecular formula is C13H18ClN5. The molecule has 2 aromatic heterocycles. The van der Waals surface area contributed by atoms with Crippen molar-refractivity contribution < 1.29 is 0 Å². The molecule has 0 aliphatic rings. The number of imidazole rings is 1. The van der Waals surface area contributed by atoms with Crippen LogP contribution in [0.4, 0.5) is 11.6 Å². The standard InChI is InChI=1S/C13H18ClN5/c1-9-11(5-6-12(14)17-9)15-7-10-8-16-13(18(2)3)19(10)4/h5-6,8,15H,7H2,1-4H3. The minimum Gasteiger partial charge on any atom is -0.378 e. The van der Waals surface area contributed by atoms with Gasteiger partial charge in [0.05, 0.1) is 29.8 Å². The largest absolute Gasteiger partial charge is 0.378 e. The number of aromatic nitrogens is 3. The monoisotopic (exact) mass is 279 g/mol. The van der Waals surface area contributed by atoms with Gasteiger partial charge in [-0.2, -0.15) is 0 Å². The van der Waals surface area contributed by atoms with Crippen molar-refractivity contribution in [3.8, 4) is 0 Å². The number of nitrogens with zero attached hydrogens (tertiary/aromatic N) is 4. The van der Waals surface area contributed by atoms with E-state index < -0.39 is 0 Å². The van der Waals surface area contributed by atoms with Gasteiger partial charge >= 0.3 is 0 Å². The van der Waals surface area contributed by atoms with E-state index in [9.17, 15) is 0 Å². The van der Waals surface area contributed by atoms with Gasteiger partial charge in [0.15, 0.2) is 0 Å². The molecule has 0 aliphatic carbocycles. The zero-order chi connectivity index (χ0) is 14.0. The van der Waals surface area contributed by atoms with Crippen LogP contribution < -0.4 is 10.2 Å². The van der Waals surface area contributed by atoms with Gasteiger partial charge < -0.3 is 14.8 Å². The summed E-state index contributed by atoms with van der Waals surface area (Å²) in [6.07, 6.45) is 1.88. The summed E-state index contributed by atoms with van der Waals surface area (Å²) in [5, 5.41) is 3.86. The van der Waals surface area contributed by atoms with Crippen molar-refractivity contribution in [1.82, 2.24) is 14.5 Å². The Balaban J connectivity index is 2.10. The first kappa shape index (κ1) is 13.7. The summed E-state index contributed by atoms with van der Waals surface area (Å²) in [7, 11) is 5.96. The van der Waals surface area contributed by atoms with Gasteiger partial charge in [0.25, 0.3) is 0 Å². The summed E-state index contributed by atoms with van der Waals surface area (Å²) >= 11 is 5.84. The smallest absolute Gasteiger partial charge is 0.204 e. The first-order valence-electron chi connectivity index (χ1n) is 6.04. The maximum atomic E-state index is 5.84. The molecule has 5 nitrogen and oxygen atoms in total. The Morgan fingerprint density at radius 3 is 2.68 bits per heavy atom. The van der Waals surface area contributed by atoms with E-state index in [4.69, 9.17) is 11.6 Å². The summed E-state index contributed by atoms with van der Waals surface area (Å²) in [5.41, 5.74) is 2.98. The third-order valence-corrected chi connectivity index (χ3v) is 3.18. The van der Waals surface area contributed by atoms with Crippen molar-refractivity contribution in [2.45, 2.75) is 13.5 Å². The molecule has 2 rings (SSSR count). The van der Waals surface area contributed by atoms with E-state index in [2.05, 4.69) is 19.9 Å². The summed E-state index contributed by atoms with van der Waals surface area (Å²) in [6.45, 7) is 2.63. The molecule has 0 aliphatic heterocycles. The van der Waals surface area contributed by atoms with Gasteiger partial charge in [-0.25, -0.2) is 9.97 Å². The maximum absolute atomic E-state index is 5.84. The van der Waals surface area contributed by atoms with Crippen LogP contribution in [0.3, 0.4) is 0 Å². The summed E-state index contributed by atoms with van der Waals surface area (Å²) < 4.78 is 2.06. The Hall–Kier alpha value is -1.75. The molecule has 102 valence electrons. The lowest BCUT2D eigenvalue weighted by Gasteiger charge is -2.13. The van der Waals surface area contributed by atoms with Gasteiger partial charge in [0.2, 0.25) is 5.95 Å². The number of nitrogens with one attached hydrogen (secondary N) is 1. The van der Waals surface area contributed by atoms with Gasteiger partial charge in [0.1, 0.15) is 5.15 Å². The lowest BCUT2D eigenvalue weighted by molar-refractivity contribution is 0.813. The minimum absolute atomic E-state index is 0.512. The van der Waals surface area contributed by atoms with Crippen LogP contribution in [0.1, 0.15) is 11.4 Å². The molecule has 0 radical (unpaired) electrons. The highest BCUT2D eigenvalue weighted by Gasteiger charge is 2.08. The lowest BCUT2D eigenvalue weighted by atomic mass is 10.3. The molecule has 19 heavy (non-hydrogen) atoms. The fourth-order valence-corrected chi connectivity index (χ4v) is 2.11. The number of anilines is 2. The van der Waals surface area contributed by atoms with Crippen molar-refractivity contribution >= 4 is 23.2 Å². The highest BCUT2D eigenvalue weighted by atomic mass is 35.5. The van der Waals surface area contributed by atoms with Crippen molar-refractivity contribution in [1.29, 1.82) is 0 Å². The molecule has 0 unspecified atom stereocenters. The third-order valence-electron chi connectivity index (χ3n) is 2.97. The van der Waals surface area contributed by atoms with Crippen LogP contribution in [0.15, 0.2) is 18.3 Å². The molecule has 0 bridgehead atoms. The number of hydrogen-bond acceptors (Lipinski definition) is 4. The molecule has 2 heterocycles. The zero-order valence-electron chi connectivity index (χ0n) is 11.6. The number of hydrogen-bond donors (Lipinski definition) is 1. The fourth-order valence-electron chi connectivity index (χ4n) is 1.92. The normalized spacial score (nSPS) is 10.6. The summed E-state index contributed by atoms with van der Waals surface area (Å²) in [5.74, 6) is 0.933. The molecule has 0 saturated heterocycles. The molecule has 0 spiro atoms. The second kappa shape index (κ2) is 5.48. The first-order valence-corrected chi connectivity index (χ1v) is 6.41. The van der Waals surface area contributed by atoms with Crippen molar-refractivity contribution in [3.63, 3.8) is 0 Å². The second-order valence-corrected chi connectivity index (χ2v) is 5.01. The van der Waals surface area contributed by atoms with Crippen molar-refractivity contribution in [2.75, 3.05) is 24.3 Å². The lowest BCUT2D eigenvalue weighted by Crippen LogP contribution is -2.15. The van der Waals surface area contributed by atoms with Gasteiger partial charge in [-0.1, -0.05) is 11.6 Å². The predicted molar refractivity (Wildman–Crippen MR) is 78.8 cm³/mol. The quantitative estimate of drug-likeness (QED) is 0.874. The average molecular weight is 280 g/mol. The molecule has 6 heteroatoms. The molecule has 0 aromatic carbocycles. The Kier molecular flexibility index (Phi) is 3.95. The van der Waals surface area contributed by atoms with E-state index in [-0.39, 0.29) is 0 Å². The molecule has 2 aromatic rings. The maximum Gasteiger partial charge on any atom is 0.204 e. The van der Waals surface area contributed by atoms with Crippen LogP contribution in [0, 0.1) is 6.92 Å². The number of aryl methyl sites for hydroxylation is 1. The predicted octanol–water partition coefficient (Wildman–Crippen LogP) is 2.46. The Morgan fingerprint density at radius 1 is 1.37 bits per heavy atom. The van der Waals surface area contributed by atoms with Crippen LogP contribution in [-0.2, 0) is 13.6 Å². The Labute approximate surface area is 118 Å². The SMILES string of the molecule is Cc1nc(Cl)ccc1NCc1cnc(N(C)C)n1C. The molecule has 1 N–H and O–H groups in total. The summed E-state index contributed by atoms with van der Waals surface area (Å²) in [6, 6.07) is 3.72. The Morgan fingerprint density at radius 2 is 2.11 bits per heavy atom. The topological polar surface area (TPSA) is 46.0 Å². The van der Waals surface area contributed by atoms with Crippen LogP contribution in [0.2, 0.25) is 5.15 Å². The van der Waals surface area contributed by atoms with Crippen molar-refractivity contribution in [2.24, 2.45) is 7.05 Å². The van der Waals surface area contributed by atoms with E-state index >= 15 is 0 Å².